The molecule has 1 aromatic rings. The molecule has 0 radical (unpaired) electrons. The summed E-state index contributed by atoms with van der Waals surface area (Å²) in [5, 5.41) is 17.0. The van der Waals surface area contributed by atoms with Gasteiger partial charge >= 0.3 is 0 Å². The van der Waals surface area contributed by atoms with E-state index in [4.69, 9.17) is 0 Å². The predicted molar refractivity (Wildman–Crippen MR) is 83.7 cm³/mol. The number of carbonyl (C=O) groups excluding carboxylic acids is 1. The van der Waals surface area contributed by atoms with Gasteiger partial charge in [-0.25, -0.2) is 0 Å². The van der Waals surface area contributed by atoms with E-state index in [0.717, 1.165) is 12.8 Å². The molecule has 1 aromatic carbocycles. The average Bonchev–Trinajstić information content (AvgIpc) is 2.37. The number of nitrogens with one attached hydrogen (secondary N) is 2. The molecule has 0 heterocycles. The number of nitro groups is 1. The second kappa shape index (κ2) is 7.06. The molecule has 0 saturated heterocycles. The van der Waals surface area contributed by atoms with E-state index in [9.17, 15) is 14.9 Å². The zero-order chi connectivity index (χ0) is 16.0. The average molecular weight is 293 g/mol. The summed E-state index contributed by atoms with van der Waals surface area (Å²) in [6, 6.07) is 4.39. The highest BCUT2D eigenvalue weighted by atomic mass is 16.6. The lowest BCUT2D eigenvalue weighted by Crippen LogP contribution is -2.31. The van der Waals surface area contributed by atoms with Crippen LogP contribution < -0.4 is 10.6 Å². The Labute approximate surface area is 125 Å². The molecule has 0 spiro atoms. The Kier molecular flexibility index (Phi) is 5.69. The van der Waals surface area contributed by atoms with Gasteiger partial charge in [-0.2, -0.15) is 0 Å². The third-order valence-electron chi connectivity index (χ3n) is 3.14. The van der Waals surface area contributed by atoms with Crippen molar-refractivity contribution >= 4 is 17.3 Å². The summed E-state index contributed by atoms with van der Waals surface area (Å²) in [6.07, 6.45) is 1.83. The van der Waals surface area contributed by atoms with Crippen molar-refractivity contribution in [2.24, 2.45) is 0 Å². The fourth-order valence-corrected chi connectivity index (χ4v) is 2.25. The fraction of sp³-hybridized carbons (Fsp3) is 0.533. The van der Waals surface area contributed by atoms with Gasteiger partial charge in [-0.3, -0.25) is 14.9 Å². The molecule has 0 aromatic heterocycles. The second-order valence-corrected chi connectivity index (χ2v) is 5.61. The summed E-state index contributed by atoms with van der Waals surface area (Å²) in [7, 11) is 0. The normalized spacial score (nSPS) is 11.0. The first-order valence-corrected chi connectivity index (χ1v) is 7.15. The number of nitrogens with zero attached hydrogens (tertiary/aromatic N) is 1. The molecular weight excluding hydrogens is 270 g/mol. The van der Waals surface area contributed by atoms with Crippen molar-refractivity contribution < 1.29 is 9.72 Å². The van der Waals surface area contributed by atoms with E-state index in [-0.39, 0.29) is 17.1 Å². The molecule has 6 heteroatoms. The van der Waals surface area contributed by atoms with E-state index in [2.05, 4.69) is 17.6 Å². The summed E-state index contributed by atoms with van der Waals surface area (Å²) >= 11 is 0. The third kappa shape index (κ3) is 4.73. The van der Waals surface area contributed by atoms with E-state index in [0.29, 0.717) is 17.8 Å². The first-order chi connectivity index (χ1) is 9.80. The molecule has 0 fully saturated rings. The lowest BCUT2D eigenvalue weighted by atomic mass is 9.98. The first-order valence-electron chi connectivity index (χ1n) is 7.15. The Bertz CT molecular complexity index is 527. The molecule has 0 bridgehead atoms. The number of amides is 1. The molecule has 0 saturated carbocycles. The lowest BCUT2D eigenvalue weighted by molar-refractivity contribution is -0.384. The van der Waals surface area contributed by atoms with Crippen molar-refractivity contribution in [3.63, 3.8) is 0 Å². The molecule has 1 rings (SSSR count). The highest BCUT2D eigenvalue weighted by Gasteiger charge is 2.23. The number of rotatable bonds is 7. The van der Waals surface area contributed by atoms with Crippen LogP contribution in [0.15, 0.2) is 18.2 Å². The van der Waals surface area contributed by atoms with Crippen LogP contribution in [0, 0.1) is 10.1 Å². The van der Waals surface area contributed by atoms with Crippen LogP contribution in [-0.2, 0) is 0 Å². The number of anilines is 1. The topological polar surface area (TPSA) is 84.3 Å². The van der Waals surface area contributed by atoms with E-state index in [1.807, 2.05) is 20.8 Å². The summed E-state index contributed by atoms with van der Waals surface area (Å²) in [5.41, 5.74) is 0.492. The van der Waals surface area contributed by atoms with Gasteiger partial charge in [-0.15, -0.1) is 0 Å². The number of benzene rings is 1. The third-order valence-corrected chi connectivity index (χ3v) is 3.14. The highest BCUT2D eigenvalue weighted by molar-refractivity contribution is 5.95. The molecule has 0 aliphatic carbocycles. The number of hydrogen-bond donors (Lipinski definition) is 2. The van der Waals surface area contributed by atoms with Crippen LogP contribution >= 0.6 is 0 Å². The van der Waals surface area contributed by atoms with Crippen molar-refractivity contribution in [2.45, 2.75) is 46.1 Å². The molecule has 21 heavy (non-hydrogen) atoms. The Morgan fingerprint density at radius 3 is 2.52 bits per heavy atom. The van der Waals surface area contributed by atoms with Gasteiger partial charge in [0.15, 0.2) is 0 Å². The molecule has 0 atom stereocenters. The smallest absolute Gasteiger partial charge is 0.292 e. The van der Waals surface area contributed by atoms with Crippen LogP contribution in [0.1, 0.15) is 50.9 Å². The number of hydrogen-bond acceptors (Lipinski definition) is 4. The molecular formula is C15H23N3O3. The molecule has 0 unspecified atom stereocenters. The SMILES string of the molecule is CCCC(C)(C)Nc1cc(C(=O)NCC)ccc1[N+](=O)[O-]. The van der Waals surface area contributed by atoms with Crippen molar-refractivity contribution in [3.8, 4) is 0 Å². The number of nitro benzene ring substituents is 1. The predicted octanol–water partition coefficient (Wildman–Crippen LogP) is 3.34. The molecule has 0 aliphatic heterocycles. The maximum Gasteiger partial charge on any atom is 0.292 e. The van der Waals surface area contributed by atoms with E-state index < -0.39 is 4.92 Å². The molecule has 0 aliphatic rings. The highest BCUT2D eigenvalue weighted by Crippen LogP contribution is 2.29. The molecule has 1 amide bonds. The minimum atomic E-state index is -0.439. The Hall–Kier alpha value is -2.11. The van der Waals surface area contributed by atoms with Crippen LogP contribution in [0.3, 0.4) is 0 Å². The van der Waals surface area contributed by atoms with Gasteiger partial charge in [0.2, 0.25) is 0 Å². The van der Waals surface area contributed by atoms with E-state index in [1.54, 1.807) is 6.07 Å². The quantitative estimate of drug-likeness (QED) is 0.596. The van der Waals surface area contributed by atoms with E-state index >= 15 is 0 Å². The van der Waals surface area contributed by atoms with Crippen LogP contribution in [0.4, 0.5) is 11.4 Å². The Morgan fingerprint density at radius 1 is 1.33 bits per heavy atom. The minimum absolute atomic E-state index is 0.0211. The summed E-state index contributed by atoms with van der Waals surface area (Å²) in [6.45, 7) is 8.37. The fourth-order valence-electron chi connectivity index (χ4n) is 2.25. The standard InChI is InChI=1S/C15H23N3O3/c1-5-9-15(3,4)17-12-10-11(14(19)16-6-2)7-8-13(12)18(20)21/h7-8,10,17H,5-6,9H2,1-4H3,(H,16,19). The van der Waals surface area contributed by atoms with Crippen molar-refractivity contribution in [3.05, 3.63) is 33.9 Å². The van der Waals surface area contributed by atoms with E-state index in [1.165, 1.54) is 12.1 Å². The lowest BCUT2D eigenvalue weighted by Gasteiger charge is -2.27. The van der Waals surface area contributed by atoms with Crippen LogP contribution in [0.5, 0.6) is 0 Å². The van der Waals surface area contributed by atoms with Crippen LogP contribution in [-0.4, -0.2) is 22.9 Å². The van der Waals surface area contributed by atoms with Gasteiger partial charge in [-0.05, 0) is 39.3 Å². The minimum Gasteiger partial charge on any atom is -0.375 e. The number of carbonyl (C=O) groups is 1. The Morgan fingerprint density at radius 2 is 2.00 bits per heavy atom. The van der Waals surface area contributed by atoms with Crippen LogP contribution in [0.2, 0.25) is 0 Å². The molecule has 2 N–H and O–H groups in total. The Balaban J connectivity index is 3.15. The maximum absolute atomic E-state index is 11.9. The molecule has 116 valence electrons. The van der Waals surface area contributed by atoms with Gasteiger partial charge in [0, 0.05) is 23.7 Å². The zero-order valence-corrected chi connectivity index (χ0v) is 13.0. The van der Waals surface area contributed by atoms with Gasteiger partial charge in [-0.1, -0.05) is 13.3 Å². The van der Waals surface area contributed by atoms with Crippen molar-refractivity contribution in [2.75, 3.05) is 11.9 Å². The van der Waals surface area contributed by atoms with Gasteiger partial charge < -0.3 is 10.6 Å². The maximum atomic E-state index is 11.9. The largest absolute Gasteiger partial charge is 0.375 e. The summed E-state index contributed by atoms with van der Waals surface area (Å²) in [4.78, 5) is 22.6. The van der Waals surface area contributed by atoms with Gasteiger partial charge in [0.25, 0.3) is 11.6 Å². The second-order valence-electron chi connectivity index (χ2n) is 5.61. The molecule has 6 nitrogen and oxygen atoms in total. The van der Waals surface area contributed by atoms with Gasteiger partial charge in [0.05, 0.1) is 4.92 Å². The monoisotopic (exact) mass is 293 g/mol. The van der Waals surface area contributed by atoms with Crippen molar-refractivity contribution in [1.82, 2.24) is 5.32 Å². The zero-order valence-electron chi connectivity index (χ0n) is 13.0. The van der Waals surface area contributed by atoms with Gasteiger partial charge in [0.1, 0.15) is 5.69 Å². The van der Waals surface area contributed by atoms with Crippen LogP contribution in [0.25, 0.3) is 0 Å². The van der Waals surface area contributed by atoms with Crippen molar-refractivity contribution in [1.29, 1.82) is 0 Å². The first kappa shape index (κ1) is 16.9. The summed E-state index contributed by atoms with van der Waals surface area (Å²) in [5.74, 6) is -0.233. The summed E-state index contributed by atoms with van der Waals surface area (Å²) < 4.78 is 0.